The molecule has 3 saturated heterocycles. The lowest BCUT2D eigenvalue weighted by Gasteiger charge is -2.61. The number of aliphatic hydroxyl groups excluding tert-OH is 4. The van der Waals surface area contributed by atoms with E-state index in [1.165, 1.54) is 38.5 Å². The maximum atomic E-state index is 10.5. The second kappa shape index (κ2) is 10.4. The van der Waals surface area contributed by atoms with Crippen LogP contribution >= 0.6 is 0 Å². The van der Waals surface area contributed by atoms with E-state index in [0.29, 0.717) is 35.2 Å². The van der Waals surface area contributed by atoms with E-state index in [0.717, 1.165) is 50.0 Å². The second-order valence-electron chi connectivity index (χ2n) is 15.9. The van der Waals surface area contributed by atoms with Gasteiger partial charge in [-0.25, -0.2) is 0 Å². The van der Waals surface area contributed by atoms with Crippen LogP contribution in [0.2, 0.25) is 0 Å². The molecule has 0 aromatic carbocycles. The minimum absolute atomic E-state index is 0.0607. The summed E-state index contributed by atoms with van der Waals surface area (Å²) >= 11 is 0. The summed E-state index contributed by atoms with van der Waals surface area (Å²) < 4.78 is 25.4. The first-order valence-corrected chi connectivity index (χ1v) is 16.8. The van der Waals surface area contributed by atoms with E-state index in [4.69, 9.17) is 18.9 Å². The molecule has 234 valence electrons. The van der Waals surface area contributed by atoms with Crippen molar-refractivity contribution in [1.29, 1.82) is 0 Å². The molecule has 7 fully saturated rings. The summed E-state index contributed by atoms with van der Waals surface area (Å²) in [7, 11) is 0. The van der Waals surface area contributed by atoms with Gasteiger partial charge in [0.15, 0.2) is 12.1 Å². The molecule has 7 aliphatic rings. The summed E-state index contributed by atoms with van der Waals surface area (Å²) in [5.41, 5.74) is 0.612. The second-order valence-corrected chi connectivity index (χ2v) is 15.9. The fourth-order valence-electron chi connectivity index (χ4n) is 11.7. The molecule has 4 saturated carbocycles. The van der Waals surface area contributed by atoms with Crippen LogP contribution in [0, 0.1) is 52.3 Å². The molecule has 17 atom stereocenters. The summed E-state index contributed by atoms with van der Waals surface area (Å²) in [6.45, 7) is 10.3. The standard InChI is InChI=1S/C33H54O8/c1-17-7-12-33(38-16-17)18(2)26-24(41-33)14-23-21-6-5-19-13-20(8-10-31(19,3)22(21)9-11-32(23,26)4)39-30-29(37)28(36)27(35)25(15-34)40-30/h17-30,34-37H,5-16H2,1-4H3/t17-,18-,19-,20-,21+,22-,23-,24-,25+,26-,27+,28-,29+,30+,31-,32-,33+/m0/s1. The normalized spacial score (nSPS) is 60.3. The van der Waals surface area contributed by atoms with Gasteiger partial charge in [-0.3, -0.25) is 0 Å². The van der Waals surface area contributed by atoms with Crippen LogP contribution in [0.3, 0.4) is 0 Å². The molecule has 8 heteroatoms. The fourth-order valence-corrected chi connectivity index (χ4v) is 11.7. The maximum Gasteiger partial charge on any atom is 0.186 e. The molecule has 0 radical (unpaired) electrons. The number of aliphatic hydroxyl groups is 4. The Morgan fingerprint density at radius 1 is 0.829 bits per heavy atom. The van der Waals surface area contributed by atoms with Crippen molar-refractivity contribution in [2.75, 3.05) is 13.2 Å². The molecular formula is C33H54O8. The lowest BCUT2D eigenvalue weighted by atomic mass is 9.44. The third-order valence-corrected chi connectivity index (χ3v) is 14.1. The monoisotopic (exact) mass is 578 g/mol. The van der Waals surface area contributed by atoms with Gasteiger partial charge in [0.2, 0.25) is 0 Å². The Morgan fingerprint density at radius 2 is 1.61 bits per heavy atom. The van der Waals surface area contributed by atoms with Gasteiger partial charge in [-0.05, 0) is 104 Å². The number of rotatable bonds is 3. The van der Waals surface area contributed by atoms with Crippen molar-refractivity contribution in [3.05, 3.63) is 0 Å². The van der Waals surface area contributed by atoms with Gasteiger partial charge in [0.25, 0.3) is 0 Å². The number of fused-ring (bicyclic) bond motifs is 7. The summed E-state index contributed by atoms with van der Waals surface area (Å²) in [5.74, 6) is 4.08. The zero-order valence-corrected chi connectivity index (χ0v) is 25.5. The molecule has 7 rings (SSSR count). The van der Waals surface area contributed by atoms with Crippen LogP contribution in [-0.4, -0.2) is 82.3 Å². The summed E-state index contributed by atoms with van der Waals surface area (Å²) in [6.07, 6.45) is 5.64. The number of ether oxygens (including phenoxy) is 4. The van der Waals surface area contributed by atoms with Gasteiger partial charge in [0.1, 0.15) is 24.4 Å². The summed E-state index contributed by atoms with van der Waals surface area (Å²) in [4.78, 5) is 0. The SMILES string of the molecule is C[C@H]1CC[C@@]2(OC1)O[C@H]1C[C@H]3[C@@H]4CC[C@H]5C[C@@H](O[C@@H]6O[C@H](CO)[C@@H](O)[C@H](O)[C@H]6O)CC[C@]5(C)[C@H]4CC[C@]3(C)[C@H]1[C@@H]2C. The first-order chi connectivity index (χ1) is 19.5. The predicted octanol–water partition coefficient (Wildman–Crippen LogP) is 3.62. The molecule has 3 aliphatic heterocycles. The van der Waals surface area contributed by atoms with Crippen molar-refractivity contribution in [1.82, 2.24) is 0 Å². The lowest BCUT2D eigenvalue weighted by Crippen LogP contribution is -2.60. The fraction of sp³-hybridized carbons (Fsp3) is 1.00. The Labute approximate surface area is 245 Å². The van der Waals surface area contributed by atoms with Crippen molar-refractivity contribution in [3.63, 3.8) is 0 Å². The maximum absolute atomic E-state index is 10.5. The molecule has 4 N–H and O–H groups in total. The molecule has 41 heavy (non-hydrogen) atoms. The van der Waals surface area contributed by atoms with Gasteiger partial charge in [0, 0.05) is 12.3 Å². The third kappa shape index (κ3) is 4.36. The van der Waals surface area contributed by atoms with E-state index >= 15 is 0 Å². The highest BCUT2D eigenvalue weighted by Crippen LogP contribution is 2.71. The Hall–Kier alpha value is -0.320. The highest BCUT2D eigenvalue weighted by molar-refractivity contribution is 5.15. The molecule has 0 bridgehead atoms. The molecule has 4 aliphatic carbocycles. The highest BCUT2D eigenvalue weighted by Gasteiger charge is 2.69. The Kier molecular flexibility index (Phi) is 7.43. The van der Waals surface area contributed by atoms with Crippen LogP contribution in [0.4, 0.5) is 0 Å². The Bertz CT molecular complexity index is 967. The van der Waals surface area contributed by atoms with Crippen molar-refractivity contribution in [3.8, 4) is 0 Å². The zero-order valence-electron chi connectivity index (χ0n) is 25.5. The van der Waals surface area contributed by atoms with E-state index in [1.807, 2.05) is 0 Å². The van der Waals surface area contributed by atoms with E-state index in [-0.39, 0.29) is 17.3 Å². The van der Waals surface area contributed by atoms with Gasteiger partial charge in [0.05, 0.1) is 25.4 Å². The van der Waals surface area contributed by atoms with E-state index in [1.54, 1.807) is 0 Å². The smallest absolute Gasteiger partial charge is 0.186 e. The Balaban J connectivity index is 1.03. The molecule has 0 amide bonds. The lowest BCUT2D eigenvalue weighted by molar-refractivity contribution is -0.316. The largest absolute Gasteiger partial charge is 0.394 e. The van der Waals surface area contributed by atoms with E-state index < -0.39 is 37.3 Å². The molecule has 3 heterocycles. The van der Waals surface area contributed by atoms with Crippen LogP contribution in [0.25, 0.3) is 0 Å². The quantitative estimate of drug-likeness (QED) is 0.375. The van der Waals surface area contributed by atoms with Crippen LogP contribution < -0.4 is 0 Å². The molecule has 8 nitrogen and oxygen atoms in total. The van der Waals surface area contributed by atoms with Crippen molar-refractivity contribution in [2.24, 2.45) is 52.3 Å². The topological polar surface area (TPSA) is 118 Å². The van der Waals surface area contributed by atoms with Crippen molar-refractivity contribution in [2.45, 2.75) is 141 Å². The summed E-state index contributed by atoms with van der Waals surface area (Å²) in [6, 6.07) is 0. The van der Waals surface area contributed by atoms with Crippen LogP contribution in [-0.2, 0) is 18.9 Å². The van der Waals surface area contributed by atoms with Crippen LogP contribution in [0.5, 0.6) is 0 Å². The van der Waals surface area contributed by atoms with Gasteiger partial charge >= 0.3 is 0 Å². The van der Waals surface area contributed by atoms with Gasteiger partial charge in [-0.2, -0.15) is 0 Å². The van der Waals surface area contributed by atoms with Crippen LogP contribution in [0.1, 0.15) is 91.9 Å². The molecule has 0 unspecified atom stereocenters. The average Bonchev–Trinajstić information content (AvgIpc) is 3.40. The minimum Gasteiger partial charge on any atom is -0.394 e. The first kappa shape index (κ1) is 29.4. The average molecular weight is 579 g/mol. The van der Waals surface area contributed by atoms with Crippen LogP contribution in [0.15, 0.2) is 0 Å². The van der Waals surface area contributed by atoms with Gasteiger partial charge < -0.3 is 39.4 Å². The minimum atomic E-state index is -1.40. The molecule has 1 spiro atoms. The molecular weight excluding hydrogens is 524 g/mol. The van der Waals surface area contributed by atoms with Crippen molar-refractivity contribution < 1.29 is 39.4 Å². The van der Waals surface area contributed by atoms with Crippen molar-refractivity contribution >= 4 is 0 Å². The third-order valence-electron chi connectivity index (χ3n) is 14.1. The van der Waals surface area contributed by atoms with E-state index in [2.05, 4.69) is 27.7 Å². The first-order valence-electron chi connectivity index (χ1n) is 16.8. The number of hydrogen-bond acceptors (Lipinski definition) is 8. The Morgan fingerprint density at radius 3 is 2.34 bits per heavy atom. The number of hydrogen-bond donors (Lipinski definition) is 4. The van der Waals surface area contributed by atoms with Gasteiger partial charge in [-0.1, -0.05) is 27.7 Å². The molecule has 0 aromatic heterocycles. The zero-order chi connectivity index (χ0) is 28.9. The van der Waals surface area contributed by atoms with E-state index in [9.17, 15) is 20.4 Å². The predicted molar refractivity (Wildman–Crippen MR) is 150 cm³/mol. The summed E-state index contributed by atoms with van der Waals surface area (Å²) in [5, 5.41) is 40.4. The molecule has 0 aromatic rings. The van der Waals surface area contributed by atoms with Gasteiger partial charge in [-0.15, -0.1) is 0 Å². The highest BCUT2D eigenvalue weighted by atomic mass is 16.7.